The zero-order valence-electron chi connectivity index (χ0n) is 8.66. The molecule has 0 aliphatic carbocycles. The van der Waals surface area contributed by atoms with Gasteiger partial charge >= 0.3 is 0 Å². The second-order valence-electron chi connectivity index (χ2n) is 4.10. The van der Waals surface area contributed by atoms with Crippen LogP contribution in [-0.4, -0.2) is 11.7 Å². The second kappa shape index (κ2) is 3.62. The van der Waals surface area contributed by atoms with Crippen LogP contribution in [0.25, 0.3) is 0 Å². The van der Waals surface area contributed by atoms with E-state index in [2.05, 4.69) is 26.0 Å². The number of aliphatic hydroxyl groups excluding tert-OH is 1. The van der Waals surface area contributed by atoms with Gasteiger partial charge in [0.1, 0.15) is 5.75 Å². The van der Waals surface area contributed by atoms with E-state index in [1.807, 2.05) is 6.07 Å². The second-order valence-corrected chi connectivity index (χ2v) is 4.10. The molecule has 0 bridgehead atoms. The van der Waals surface area contributed by atoms with Crippen molar-refractivity contribution in [2.45, 2.75) is 32.3 Å². The normalized spacial score (nSPS) is 20.4. The molecule has 0 fully saturated rings. The molecule has 1 aromatic rings. The lowest BCUT2D eigenvalue weighted by Crippen LogP contribution is -2.14. The topological polar surface area (TPSA) is 29.5 Å². The Bertz CT molecular complexity index is 331. The first-order chi connectivity index (χ1) is 6.68. The zero-order valence-corrected chi connectivity index (χ0v) is 8.66. The van der Waals surface area contributed by atoms with E-state index >= 15 is 0 Å². The van der Waals surface area contributed by atoms with Gasteiger partial charge in [-0.2, -0.15) is 0 Å². The Kier molecular flexibility index (Phi) is 2.46. The lowest BCUT2D eigenvalue weighted by molar-refractivity contribution is 0.115. The maximum absolute atomic E-state index is 9.79. The van der Waals surface area contributed by atoms with Crippen molar-refractivity contribution in [2.75, 3.05) is 6.61 Å². The quantitative estimate of drug-likeness (QED) is 0.741. The maximum atomic E-state index is 9.79. The standard InChI is InChI=1S/C12H16O2/c1-8(2)9-3-4-12-10(7-9)11(13)5-6-14-12/h3-4,7-8,11,13H,5-6H2,1-2H3/t11-/m0/s1. The van der Waals surface area contributed by atoms with Crippen molar-refractivity contribution in [3.63, 3.8) is 0 Å². The van der Waals surface area contributed by atoms with Crippen LogP contribution in [-0.2, 0) is 0 Å². The first-order valence-corrected chi connectivity index (χ1v) is 5.13. The van der Waals surface area contributed by atoms with Crippen LogP contribution in [0.2, 0.25) is 0 Å². The van der Waals surface area contributed by atoms with Crippen LogP contribution in [0.1, 0.15) is 43.4 Å². The monoisotopic (exact) mass is 192 g/mol. The minimum Gasteiger partial charge on any atom is -0.493 e. The summed E-state index contributed by atoms with van der Waals surface area (Å²) >= 11 is 0. The molecule has 0 spiro atoms. The van der Waals surface area contributed by atoms with Crippen molar-refractivity contribution < 1.29 is 9.84 Å². The van der Waals surface area contributed by atoms with Gasteiger partial charge in [-0.25, -0.2) is 0 Å². The number of aliphatic hydroxyl groups is 1. The Hall–Kier alpha value is -1.02. The molecule has 1 N–H and O–H groups in total. The van der Waals surface area contributed by atoms with Gasteiger partial charge in [0.05, 0.1) is 12.7 Å². The van der Waals surface area contributed by atoms with Crippen LogP contribution in [0.15, 0.2) is 18.2 Å². The van der Waals surface area contributed by atoms with E-state index in [-0.39, 0.29) is 6.10 Å². The number of hydrogen-bond donors (Lipinski definition) is 1. The molecule has 0 radical (unpaired) electrons. The molecule has 1 atom stereocenters. The Balaban J connectivity index is 2.41. The SMILES string of the molecule is CC(C)c1ccc2c(c1)[C@@H](O)CCO2. The lowest BCUT2D eigenvalue weighted by atomic mass is 9.96. The van der Waals surface area contributed by atoms with Gasteiger partial charge in [-0.3, -0.25) is 0 Å². The molecule has 14 heavy (non-hydrogen) atoms. The summed E-state index contributed by atoms with van der Waals surface area (Å²) in [6.45, 7) is 4.92. The fourth-order valence-electron chi connectivity index (χ4n) is 1.75. The van der Waals surface area contributed by atoms with Crippen LogP contribution in [0.5, 0.6) is 5.75 Å². The Morgan fingerprint density at radius 3 is 2.93 bits per heavy atom. The average Bonchev–Trinajstić information content (AvgIpc) is 2.18. The minimum absolute atomic E-state index is 0.350. The summed E-state index contributed by atoms with van der Waals surface area (Å²) in [4.78, 5) is 0. The summed E-state index contributed by atoms with van der Waals surface area (Å²) < 4.78 is 5.47. The molecule has 2 heteroatoms. The van der Waals surface area contributed by atoms with Crippen molar-refractivity contribution in [1.29, 1.82) is 0 Å². The summed E-state index contributed by atoms with van der Waals surface area (Å²) in [6.07, 6.45) is 0.353. The van der Waals surface area contributed by atoms with Gasteiger partial charge in [-0.1, -0.05) is 19.9 Å². The fraction of sp³-hybridized carbons (Fsp3) is 0.500. The third-order valence-electron chi connectivity index (χ3n) is 2.71. The van der Waals surface area contributed by atoms with E-state index in [9.17, 15) is 5.11 Å². The molecular formula is C12H16O2. The van der Waals surface area contributed by atoms with Crippen LogP contribution >= 0.6 is 0 Å². The van der Waals surface area contributed by atoms with Crippen molar-refractivity contribution in [2.24, 2.45) is 0 Å². The van der Waals surface area contributed by atoms with Crippen molar-refractivity contribution in [1.82, 2.24) is 0 Å². The van der Waals surface area contributed by atoms with Crippen molar-refractivity contribution in [3.05, 3.63) is 29.3 Å². The van der Waals surface area contributed by atoms with Gasteiger partial charge in [-0.05, 0) is 23.6 Å². The molecule has 2 nitrogen and oxygen atoms in total. The number of benzene rings is 1. The first-order valence-electron chi connectivity index (χ1n) is 5.13. The molecule has 0 saturated heterocycles. The molecule has 0 aromatic heterocycles. The first kappa shape index (κ1) is 9.53. The van der Waals surface area contributed by atoms with Crippen molar-refractivity contribution in [3.8, 4) is 5.75 Å². The van der Waals surface area contributed by atoms with Gasteiger partial charge in [0.25, 0.3) is 0 Å². The summed E-state index contributed by atoms with van der Waals surface area (Å²) in [7, 11) is 0. The summed E-state index contributed by atoms with van der Waals surface area (Å²) in [5.41, 5.74) is 2.20. The highest BCUT2D eigenvalue weighted by atomic mass is 16.5. The average molecular weight is 192 g/mol. The highest BCUT2D eigenvalue weighted by molar-refractivity contribution is 5.40. The van der Waals surface area contributed by atoms with Gasteiger partial charge in [0.15, 0.2) is 0 Å². The molecule has 1 aromatic carbocycles. The van der Waals surface area contributed by atoms with Gasteiger partial charge in [-0.15, -0.1) is 0 Å². The summed E-state index contributed by atoms with van der Waals surface area (Å²) in [5, 5.41) is 9.79. The smallest absolute Gasteiger partial charge is 0.125 e. The van der Waals surface area contributed by atoms with Crippen LogP contribution in [0.4, 0.5) is 0 Å². The molecule has 1 aliphatic heterocycles. The maximum Gasteiger partial charge on any atom is 0.125 e. The minimum atomic E-state index is -0.350. The van der Waals surface area contributed by atoms with E-state index in [1.54, 1.807) is 0 Å². The van der Waals surface area contributed by atoms with Gasteiger partial charge < -0.3 is 9.84 Å². The van der Waals surface area contributed by atoms with E-state index in [0.29, 0.717) is 18.9 Å². The number of ether oxygens (including phenoxy) is 1. The summed E-state index contributed by atoms with van der Waals surface area (Å²) in [5.74, 6) is 1.34. The van der Waals surface area contributed by atoms with Crippen molar-refractivity contribution >= 4 is 0 Å². The Morgan fingerprint density at radius 1 is 1.43 bits per heavy atom. The number of hydrogen-bond acceptors (Lipinski definition) is 2. The number of fused-ring (bicyclic) bond motifs is 1. The third kappa shape index (κ3) is 1.62. The van der Waals surface area contributed by atoms with E-state index < -0.39 is 0 Å². The van der Waals surface area contributed by atoms with Crippen LogP contribution in [0.3, 0.4) is 0 Å². The molecule has 2 rings (SSSR count). The van der Waals surface area contributed by atoms with Gasteiger partial charge in [0, 0.05) is 12.0 Å². The third-order valence-corrected chi connectivity index (χ3v) is 2.71. The molecule has 76 valence electrons. The lowest BCUT2D eigenvalue weighted by Gasteiger charge is -2.23. The fourth-order valence-corrected chi connectivity index (χ4v) is 1.75. The Labute approximate surface area is 84.5 Å². The molecular weight excluding hydrogens is 176 g/mol. The largest absolute Gasteiger partial charge is 0.493 e. The van der Waals surface area contributed by atoms with E-state index in [4.69, 9.17) is 4.74 Å². The summed E-state index contributed by atoms with van der Waals surface area (Å²) in [6, 6.07) is 6.10. The van der Waals surface area contributed by atoms with E-state index in [1.165, 1.54) is 5.56 Å². The molecule has 0 saturated carbocycles. The Morgan fingerprint density at radius 2 is 2.21 bits per heavy atom. The predicted molar refractivity (Wildman–Crippen MR) is 55.6 cm³/mol. The van der Waals surface area contributed by atoms with E-state index in [0.717, 1.165) is 11.3 Å². The molecule has 0 amide bonds. The predicted octanol–water partition coefficient (Wildman–Crippen LogP) is 2.63. The zero-order chi connectivity index (χ0) is 10.1. The van der Waals surface area contributed by atoms with Crippen LogP contribution in [0, 0.1) is 0 Å². The van der Waals surface area contributed by atoms with Crippen LogP contribution < -0.4 is 4.74 Å². The highest BCUT2D eigenvalue weighted by Gasteiger charge is 2.19. The highest BCUT2D eigenvalue weighted by Crippen LogP contribution is 2.33. The molecule has 1 aliphatic rings. The molecule has 0 unspecified atom stereocenters. The van der Waals surface area contributed by atoms with Gasteiger partial charge in [0.2, 0.25) is 0 Å². The number of rotatable bonds is 1. The molecule has 1 heterocycles.